The molecule has 0 radical (unpaired) electrons. The number of likely N-dealkylation sites (tertiary alicyclic amines) is 1. The summed E-state index contributed by atoms with van der Waals surface area (Å²) in [4.78, 5) is 33.6. The van der Waals surface area contributed by atoms with Gasteiger partial charge in [-0.05, 0) is 45.2 Å². The van der Waals surface area contributed by atoms with E-state index in [-0.39, 0.29) is 12.1 Å². The molecule has 1 atom stereocenters. The summed E-state index contributed by atoms with van der Waals surface area (Å²) in [6, 6.07) is 4.23. The van der Waals surface area contributed by atoms with Crippen LogP contribution in [0.2, 0.25) is 0 Å². The summed E-state index contributed by atoms with van der Waals surface area (Å²) in [5, 5.41) is 0. The van der Waals surface area contributed by atoms with Crippen molar-refractivity contribution in [2.75, 3.05) is 37.6 Å². The molecule has 2 fully saturated rings. The fourth-order valence-corrected chi connectivity index (χ4v) is 3.50. The van der Waals surface area contributed by atoms with Gasteiger partial charge in [-0.1, -0.05) is 6.07 Å². The number of rotatable bonds is 3. The minimum absolute atomic E-state index is 0.151. The SMILES string of the molecule is CC(C)(C)OC(=O)N1CCN(c2ccc([C@@H]3CCCN3C=O)cn2)CC1. The molecule has 0 aliphatic carbocycles. The van der Waals surface area contributed by atoms with Gasteiger partial charge in [-0.15, -0.1) is 0 Å². The number of aromatic nitrogens is 1. The molecule has 0 saturated carbocycles. The molecule has 142 valence electrons. The molecule has 2 aliphatic heterocycles. The maximum Gasteiger partial charge on any atom is 0.410 e. The van der Waals surface area contributed by atoms with Gasteiger partial charge in [-0.3, -0.25) is 4.79 Å². The molecule has 2 saturated heterocycles. The third-order valence-electron chi connectivity index (χ3n) is 4.84. The van der Waals surface area contributed by atoms with Gasteiger partial charge in [0.1, 0.15) is 11.4 Å². The first-order valence-corrected chi connectivity index (χ1v) is 9.27. The Balaban J connectivity index is 1.56. The summed E-state index contributed by atoms with van der Waals surface area (Å²) < 4.78 is 5.43. The third-order valence-corrected chi connectivity index (χ3v) is 4.84. The first kappa shape index (κ1) is 18.5. The Morgan fingerprint density at radius 2 is 1.92 bits per heavy atom. The second kappa shape index (κ2) is 7.51. The van der Waals surface area contributed by atoms with E-state index in [9.17, 15) is 9.59 Å². The van der Waals surface area contributed by atoms with Gasteiger partial charge in [0, 0.05) is 38.9 Å². The average molecular weight is 360 g/mol. The molecule has 1 aromatic heterocycles. The van der Waals surface area contributed by atoms with Crippen LogP contribution >= 0.6 is 0 Å². The number of hydrogen-bond donors (Lipinski definition) is 0. The smallest absolute Gasteiger partial charge is 0.410 e. The highest BCUT2D eigenvalue weighted by Crippen LogP contribution is 2.30. The average Bonchev–Trinajstić information content (AvgIpc) is 3.09. The third kappa shape index (κ3) is 4.26. The van der Waals surface area contributed by atoms with Gasteiger partial charge in [0.25, 0.3) is 0 Å². The van der Waals surface area contributed by atoms with E-state index in [4.69, 9.17) is 4.74 Å². The molecule has 2 amide bonds. The highest BCUT2D eigenvalue weighted by Gasteiger charge is 2.27. The number of carbonyl (C=O) groups excluding carboxylic acids is 2. The standard InChI is InChI=1S/C19H28N4O3/c1-19(2,3)26-18(25)22-11-9-21(10-12-22)17-7-6-15(13-20-17)16-5-4-8-23(16)14-24/h6-7,13-14,16H,4-5,8-12H2,1-3H3/t16-/m0/s1. The fourth-order valence-electron chi connectivity index (χ4n) is 3.50. The highest BCUT2D eigenvalue weighted by molar-refractivity contribution is 5.68. The Morgan fingerprint density at radius 1 is 1.19 bits per heavy atom. The van der Waals surface area contributed by atoms with Crippen molar-refractivity contribution in [3.63, 3.8) is 0 Å². The monoisotopic (exact) mass is 360 g/mol. The second-order valence-corrected chi connectivity index (χ2v) is 7.91. The summed E-state index contributed by atoms with van der Waals surface area (Å²) in [6.45, 7) is 9.17. The van der Waals surface area contributed by atoms with Gasteiger partial charge in [-0.25, -0.2) is 9.78 Å². The van der Waals surface area contributed by atoms with Gasteiger partial charge in [0.05, 0.1) is 6.04 Å². The maximum absolute atomic E-state index is 12.1. The zero-order valence-electron chi connectivity index (χ0n) is 15.9. The van der Waals surface area contributed by atoms with Crippen LogP contribution in [-0.2, 0) is 9.53 Å². The van der Waals surface area contributed by atoms with Crippen LogP contribution in [0.15, 0.2) is 18.3 Å². The lowest BCUT2D eigenvalue weighted by Crippen LogP contribution is -2.50. The molecule has 3 heterocycles. The summed E-state index contributed by atoms with van der Waals surface area (Å²) >= 11 is 0. The van der Waals surface area contributed by atoms with E-state index in [1.807, 2.05) is 37.9 Å². The molecule has 2 aliphatic rings. The molecule has 0 bridgehead atoms. The van der Waals surface area contributed by atoms with Crippen LogP contribution in [0.4, 0.5) is 10.6 Å². The predicted molar refractivity (Wildman–Crippen MR) is 99.0 cm³/mol. The van der Waals surface area contributed by atoms with E-state index in [0.29, 0.717) is 13.1 Å². The Labute approximate surface area is 154 Å². The lowest BCUT2D eigenvalue weighted by Gasteiger charge is -2.36. The van der Waals surface area contributed by atoms with Gasteiger partial charge in [0.2, 0.25) is 6.41 Å². The number of carbonyl (C=O) groups is 2. The molecule has 7 nitrogen and oxygen atoms in total. The van der Waals surface area contributed by atoms with Crippen molar-refractivity contribution in [3.8, 4) is 0 Å². The van der Waals surface area contributed by atoms with Gasteiger partial charge in [0.15, 0.2) is 0 Å². The summed E-state index contributed by atoms with van der Waals surface area (Å²) in [7, 11) is 0. The maximum atomic E-state index is 12.1. The molecule has 0 unspecified atom stereocenters. The number of nitrogens with zero attached hydrogens (tertiary/aromatic N) is 4. The molecule has 0 N–H and O–H groups in total. The van der Waals surface area contributed by atoms with E-state index >= 15 is 0 Å². The molecule has 3 rings (SSSR count). The molecular weight excluding hydrogens is 332 g/mol. The molecule has 1 aromatic rings. The van der Waals surface area contributed by atoms with Crippen LogP contribution < -0.4 is 4.90 Å². The van der Waals surface area contributed by atoms with Gasteiger partial charge < -0.3 is 19.4 Å². The number of hydrogen-bond acceptors (Lipinski definition) is 5. The number of ether oxygens (including phenoxy) is 1. The Kier molecular flexibility index (Phi) is 5.34. The number of amides is 2. The Bertz CT molecular complexity index is 633. The topological polar surface area (TPSA) is 66.0 Å². The second-order valence-electron chi connectivity index (χ2n) is 7.91. The summed E-state index contributed by atoms with van der Waals surface area (Å²) in [5.74, 6) is 0.910. The molecular formula is C19H28N4O3. The number of anilines is 1. The fraction of sp³-hybridized carbons (Fsp3) is 0.632. The molecule has 26 heavy (non-hydrogen) atoms. The van der Waals surface area contributed by atoms with Crippen LogP contribution in [0.1, 0.15) is 45.2 Å². The lowest BCUT2D eigenvalue weighted by molar-refractivity contribution is -0.118. The largest absolute Gasteiger partial charge is 0.444 e. The summed E-state index contributed by atoms with van der Waals surface area (Å²) in [6.07, 6.45) is 4.59. The van der Waals surface area contributed by atoms with Crippen LogP contribution in [0, 0.1) is 0 Å². The van der Waals surface area contributed by atoms with E-state index in [1.165, 1.54) is 0 Å². The Morgan fingerprint density at radius 3 is 2.50 bits per heavy atom. The van der Waals surface area contributed by atoms with Crippen molar-refractivity contribution in [2.24, 2.45) is 0 Å². The van der Waals surface area contributed by atoms with Crippen molar-refractivity contribution in [1.29, 1.82) is 0 Å². The number of pyridine rings is 1. The minimum atomic E-state index is -0.471. The van der Waals surface area contributed by atoms with Crippen LogP contribution in [0.5, 0.6) is 0 Å². The van der Waals surface area contributed by atoms with E-state index in [0.717, 1.165) is 50.3 Å². The van der Waals surface area contributed by atoms with Crippen LogP contribution in [0.3, 0.4) is 0 Å². The van der Waals surface area contributed by atoms with E-state index in [2.05, 4.69) is 16.0 Å². The van der Waals surface area contributed by atoms with Crippen LogP contribution in [-0.4, -0.2) is 65.6 Å². The van der Waals surface area contributed by atoms with Crippen molar-refractivity contribution < 1.29 is 14.3 Å². The van der Waals surface area contributed by atoms with E-state index in [1.54, 1.807) is 4.90 Å². The van der Waals surface area contributed by atoms with Crippen molar-refractivity contribution >= 4 is 18.3 Å². The Hall–Kier alpha value is -2.31. The molecule has 0 aromatic carbocycles. The zero-order chi connectivity index (χ0) is 18.7. The number of piperazine rings is 1. The zero-order valence-corrected chi connectivity index (χ0v) is 15.9. The van der Waals surface area contributed by atoms with Gasteiger partial charge in [-0.2, -0.15) is 0 Å². The molecule has 0 spiro atoms. The first-order valence-electron chi connectivity index (χ1n) is 9.27. The summed E-state index contributed by atoms with van der Waals surface area (Å²) in [5.41, 5.74) is 0.618. The minimum Gasteiger partial charge on any atom is -0.444 e. The van der Waals surface area contributed by atoms with Crippen molar-refractivity contribution in [1.82, 2.24) is 14.8 Å². The normalized spacial score (nSPS) is 21.0. The van der Waals surface area contributed by atoms with Gasteiger partial charge >= 0.3 is 6.09 Å². The van der Waals surface area contributed by atoms with Crippen LogP contribution in [0.25, 0.3) is 0 Å². The molecule has 7 heteroatoms. The predicted octanol–water partition coefficient (Wildman–Crippen LogP) is 2.43. The van der Waals surface area contributed by atoms with E-state index < -0.39 is 5.60 Å². The lowest BCUT2D eigenvalue weighted by atomic mass is 10.1. The van der Waals surface area contributed by atoms with Crippen molar-refractivity contribution in [3.05, 3.63) is 23.9 Å². The quantitative estimate of drug-likeness (QED) is 0.775. The van der Waals surface area contributed by atoms with Crippen molar-refractivity contribution in [2.45, 2.75) is 45.3 Å². The highest BCUT2D eigenvalue weighted by atomic mass is 16.6. The first-order chi connectivity index (χ1) is 12.4.